The maximum atomic E-state index is 13.6. The number of anilines is 1. The van der Waals surface area contributed by atoms with Gasteiger partial charge in [-0.2, -0.15) is 18.3 Å². The Morgan fingerprint density at radius 1 is 1.37 bits per heavy atom. The number of nitrogens with one attached hydrogen (secondary N) is 2. The molecule has 2 unspecified atom stereocenters. The Morgan fingerprint density at radius 2 is 2.04 bits per heavy atom. The van der Waals surface area contributed by atoms with Crippen molar-refractivity contribution in [2.75, 3.05) is 18.4 Å². The highest BCUT2D eigenvalue weighted by Crippen LogP contribution is 2.49. The molecule has 3 rings (SSSR count). The first-order valence-corrected chi connectivity index (χ1v) is 8.47. The van der Waals surface area contributed by atoms with Crippen LogP contribution in [-0.4, -0.2) is 57.1 Å². The molecule has 8 nitrogen and oxygen atoms in total. The second kappa shape index (κ2) is 6.11. The summed E-state index contributed by atoms with van der Waals surface area (Å²) in [4.78, 5) is 25.2. The number of hydrogen-bond donors (Lipinski definition) is 3. The average molecular weight is 390 g/mol. The van der Waals surface area contributed by atoms with Crippen LogP contribution in [0.3, 0.4) is 0 Å². The smallest absolute Gasteiger partial charge is 0.422 e. The van der Waals surface area contributed by atoms with E-state index in [1.807, 2.05) is 0 Å². The predicted molar refractivity (Wildman–Crippen MR) is 87.0 cm³/mol. The quantitative estimate of drug-likeness (QED) is 0.682. The van der Waals surface area contributed by atoms with Gasteiger partial charge in [0, 0.05) is 24.7 Å². The third-order valence-electron chi connectivity index (χ3n) is 4.60. The Morgan fingerprint density at radius 3 is 2.63 bits per heavy atom. The van der Waals surface area contributed by atoms with Gasteiger partial charge in [-0.05, 0) is 27.2 Å². The monoisotopic (exact) mass is 390 g/mol. The normalized spacial score (nSPS) is 26.0. The van der Waals surface area contributed by atoms with Crippen LogP contribution in [0.1, 0.15) is 50.8 Å². The number of aromatic nitrogens is 2. The van der Waals surface area contributed by atoms with Crippen LogP contribution in [0.15, 0.2) is 0 Å². The first-order chi connectivity index (χ1) is 12.3. The molecule has 0 aromatic carbocycles. The zero-order valence-corrected chi connectivity index (χ0v) is 15.1. The molecule has 1 aromatic heterocycles. The van der Waals surface area contributed by atoms with E-state index in [4.69, 9.17) is 4.74 Å². The van der Waals surface area contributed by atoms with Crippen LogP contribution in [0.4, 0.5) is 23.8 Å². The van der Waals surface area contributed by atoms with Gasteiger partial charge < -0.3 is 20.1 Å². The number of aromatic amines is 1. The van der Waals surface area contributed by atoms with E-state index >= 15 is 0 Å². The predicted octanol–water partition coefficient (Wildman–Crippen LogP) is 2.23. The number of rotatable bonds is 1. The lowest BCUT2D eigenvalue weighted by atomic mass is 9.83. The Bertz CT molecular complexity index is 771. The van der Waals surface area contributed by atoms with Crippen LogP contribution in [0.2, 0.25) is 0 Å². The van der Waals surface area contributed by atoms with Gasteiger partial charge in [-0.1, -0.05) is 0 Å². The van der Waals surface area contributed by atoms with Gasteiger partial charge in [0.1, 0.15) is 5.60 Å². The van der Waals surface area contributed by atoms with Crippen LogP contribution < -0.4 is 5.32 Å². The van der Waals surface area contributed by atoms with E-state index in [1.165, 1.54) is 4.90 Å². The Labute approximate surface area is 153 Å². The summed E-state index contributed by atoms with van der Waals surface area (Å²) in [7, 11) is 0. The lowest BCUT2D eigenvalue weighted by Crippen LogP contribution is -2.48. The van der Waals surface area contributed by atoms with Gasteiger partial charge in [0.25, 0.3) is 0 Å². The van der Waals surface area contributed by atoms with Crippen molar-refractivity contribution < 1.29 is 32.6 Å². The molecule has 2 atom stereocenters. The summed E-state index contributed by atoms with van der Waals surface area (Å²) < 4.78 is 46.0. The Balaban J connectivity index is 1.89. The number of carbonyl (C=O) groups is 2. The van der Waals surface area contributed by atoms with Gasteiger partial charge in [0.2, 0.25) is 5.91 Å². The molecule has 1 aromatic rings. The lowest BCUT2D eigenvalue weighted by molar-refractivity contribution is -0.267. The van der Waals surface area contributed by atoms with Crippen molar-refractivity contribution in [3.63, 3.8) is 0 Å². The first kappa shape index (κ1) is 19.5. The molecule has 2 amide bonds. The zero-order valence-electron chi connectivity index (χ0n) is 15.1. The van der Waals surface area contributed by atoms with Crippen molar-refractivity contribution >= 4 is 17.8 Å². The number of likely N-dealkylation sites (tertiary alicyclic amines) is 1. The second-order valence-corrected chi connectivity index (χ2v) is 7.86. The maximum Gasteiger partial charge on any atom is 0.422 e. The van der Waals surface area contributed by atoms with E-state index in [1.54, 1.807) is 20.8 Å². The van der Waals surface area contributed by atoms with E-state index in [9.17, 15) is 27.9 Å². The third-order valence-corrected chi connectivity index (χ3v) is 4.60. The molecule has 0 saturated carbocycles. The molecular weight excluding hydrogens is 369 g/mol. The van der Waals surface area contributed by atoms with Crippen LogP contribution in [-0.2, 0) is 15.1 Å². The molecule has 2 aliphatic heterocycles. The summed E-state index contributed by atoms with van der Waals surface area (Å²) in [5, 5.41) is 18.8. The van der Waals surface area contributed by atoms with E-state index in [0.29, 0.717) is 13.0 Å². The minimum Gasteiger partial charge on any atom is -0.444 e. The van der Waals surface area contributed by atoms with Crippen LogP contribution in [0.25, 0.3) is 0 Å². The molecule has 11 heteroatoms. The number of H-pyrrole nitrogens is 1. The summed E-state index contributed by atoms with van der Waals surface area (Å²) in [5.74, 6) is -1.81. The fourth-order valence-electron chi connectivity index (χ4n) is 3.39. The largest absolute Gasteiger partial charge is 0.444 e. The molecule has 2 aliphatic rings. The standard InChI is InChI=1S/C16H21F3N4O4/c1-14(2,3)27-13(25)23-5-4-8(7-23)11-10-12(22-21-11)20-9(24)6-15(10,26)16(17,18)19/h8,26H,4-7H2,1-3H3,(H2,20,21,22,24). The number of fused-ring (bicyclic) bond motifs is 1. The van der Waals surface area contributed by atoms with Crippen LogP contribution >= 0.6 is 0 Å². The SMILES string of the molecule is CC(C)(C)OC(=O)N1CCC(c2[nH]nc3c2C(O)(C(F)(F)F)CC(=O)N3)C1. The van der Waals surface area contributed by atoms with Gasteiger partial charge in [-0.3, -0.25) is 9.89 Å². The Hall–Kier alpha value is -2.30. The molecule has 27 heavy (non-hydrogen) atoms. The van der Waals surface area contributed by atoms with Crippen molar-refractivity contribution in [3.8, 4) is 0 Å². The summed E-state index contributed by atoms with van der Waals surface area (Å²) in [6, 6.07) is 0. The third kappa shape index (κ3) is 3.47. The minimum atomic E-state index is -5.05. The molecular formula is C16H21F3N4O4. The van der Waals surface area contributed by atoms with Gasteiger partial charge in [0.15, 0.2) is 11.4 Å². The van der Waals surface area contributed by atoms with E-state index in [-0.39, 0.29) is 18.1 Å². The van der Waals surface area contributed by atoms with Crippen molar-refractivity contribution in [2.45, 2.75) is 56.9 Å². The van der Waals surface area contributed by atoms with Crippen molar-refractivity contribution in [2.24, 2.45) is 0 Å². The number of hydrogen-bond acceptors (Lipinski definition) is 5. The molecule has 1 saturated heterocycles. The summed E-state index contributed by atoms with van der Waals surface area (Å²) in [6.07, 6.45) is -6.38. The molecule has 0 aliphatic carbocycles. The first-order valence-electron chi connectivity index (χ1n) is 8.47. The Kier molecular flexibility index (Phi) is 4.41. The van der Waals surface area contributed by atoms with Gasteiger partial charge in [-0.25, -0.2) is 4.79 Å². The number of halogens is 3. The molecule has 0 radical (unpaired) electrons. The number of carbonyl (C=O) groups excluding carboxylic acids is 2. The molecule has 1 fully saturated rings. The van der Waals surface area contributed by atoms with E-state index in [0.717, 1.165) is 0 Å². The minimum absolute atomic E-state index is 0.0656. The molecule has 3 N–H and O–H groups in total. The average Bonchev–Trinajstić information content (AvgIpc) is 3.09. The second-order valence-electron chi connectivity index (χ2n) is 7.86. The van der Waals surface area contributed by atoms with Crippen LogP contribution in [0, 0.1) is 0 Å². The molecule has 0 spiro atoms. The number of ether oxygens (including phenoxy) is 1. The number of alkyl halides is 3. The highest BCUT2D eigenvalue weighted by Gasteiger charge is 2.61. The van der Waals surface area contributed by atoms with Gasteiger partial charge >= 0.3 is 12.3 Å². The van der Waals surface area contributed by atoms with Crippen molar-refractivity contribution in [1.29, 1.82) is 0 Å². The summed E-state index contributed by atoms with van der Waals surface area (Å²) in [6.45, 7) is 5.57. The van der Waals surface area contributed by atoms with Crippen molar-refractivity contribution in [3.05, 3.63) is 11.3 Å². The van der Waals surface area contributed by atoms with E-state index < -0.39 is 47.3 Å². The zero-order chi connectivity index (χ0) is 20.2. The number of nitrogens with zero attached hydrogens (tertiary/aromatic N) is 2. The molecule has 0 bridgehead atoms. The van der Waals surface area contributed by atoms with Gasteiger partial charge in [0.05, 0.1) is 12.0 Å². The number of amides is 2. The fourth-order valence-corrected chi connectivity index (χ4v) is 3.39. The van der Waals surface area contributed by atoms with Crippen molar-refractivity contribution in [1.82, 2.24) is 15.1 Å². The molecule has 150 valence electrons. The number of aliphatic hydroxyl groups is 1. The summed E-state index contributed by atoms with van der Waals surface area (Å²) in [5.41, 5.74) is -4.43. The maximum absolute atomic E-state index is 13.6. The topological polar surface area (TPSA) is 108 Å². The van der Waals surface area contributed by atoms with Gasteiger partial charge in [-0.15, -0.1) is 0 Å². The molecule has 3 heterocycles. The van der Waals surface area contributed by atoms with E-state index in [2.05, 4.69) is 15.5 Å². The summed E-state index contributed by atoms with van der Waals surface area (Å²) >= 11 is 0. The fraction of sp³-hybridized carbons (Fsp3) is 0.688. The van der Waals surface area contributed by atoms with Crippen LogP contribution in [0.5, 0.6) is 0 Å². The lowest BCUT2D eigenvalue weighted by Gasteiger charge is -2.34. The highest BCUT2D eigenvalue weighted by molar-refractivity contribution is 5.94. The highest BCUT2D eigenvalue weighted by atomic mass is 19.4.